The Labute approximate surface area is 156 Å². The molecule has 0 bridgehead atoms. The normalized spacial score (nSPS) is 9.96. The summed E-state index contributed by atoms with van der Waals surface area (Å²) in [6.07, 6.45) is 5.00. The monoisotopic (exact) mass is 358 g/mol. The molecule has 0 saturated heterocycles. The number of benzene rings is 2. The summed E-state index contributed by atoms with van der Waals surface area (Å²) >= 11 is 0. The predicted octanol–water partition coefficient (Wildman–Crippen LogP) is 5.51. The van der Waals surface area contributed by atoms with E-state index in [0.29, 0.717) is 17.7 Å². The number of aromatic hydroxyl groups is 2. The van der Waals surface area contributed by atoms with Crippen LogP contribution in [0.3, 0.4) is 0 Å². The molecule has 4 nitrogen and oxygen atoms in total. The van der Waals surface area contributed by atoms with Crippen LogP contribution in [0, 0.1) is 0 Å². The van der Waals surface area contributed by atoms with E-state index in [1.807, 2.05) is 32.0 Å². The lowest BCUT2D eigenvalue weighted by Gasteiger charge is -2.10. The van der Waals surface area contributed by atoms with E-state index >= 15 is 0 Å². The lowest BCUT2D eigenvalue weighted by molar-refractivity contribution is 0.0918. The summed E-state index contributed by atoms with van der Waals surface area (Å²) in [5, 5.41) is 19.9. The van der Waals surface area contributed by atoms with Gasteiger partial charge in [0.1, 0.15) is 17.2 Å². The largest absolute Gasteiger partial charge is 0.508 e. The fourth-order valence-corrected chi connectivity index (χ4v) is 2.53. The second kappa shape index (κ2) is 12.0. The second-order valence-corrected chi connectivity index (χ2v) is 5.83. The molecule has 0 spiro atoms. The highest BCUT2D eigenvalue weighted by atomic mass is 16.5. The number of ether oxygens (including phenoxy) is 1. The first kappa shape index (κ1) is 21.6. The molecule has 4 heteroatoms. The molecule has 0 atom stereocenters. The van der Waals surface area contributed by atoms with Crippen molar-refractivity contribution in [1.82, 2.24) is 0 Å². The quantitative estimate of drug-likeness (QED) is 0.458. The minimum Gasteiger partial charge on any atom is -0.508 e. The van der Waals surface area contributed by atoms with Crippen LogP contribution in [0.2, 0.25) is 0 Å². The molecule has 0 heterocycles. The molecule has 2 rings (SSSR count). The van der Waals surface area contributed by atoms with Crippen molar-refractivity contribution in [2.75, 3.05) is 6.61 Å². The molecule has 2 aromatic carbocycles. The molecule has 0 unspecified atom stereocenters. The number of unbranched alkanes of at least 4 members (excludes halogenated alkanes) is 3. The number of ketones is 1. The Balaban J connectivity index is 0.00000163. The van der Waals surface area contributed by atoms with E-state index in [1.54, 1.807) is 18.2 Å². The van der Waals surface area contributed by atoms with Gasteiger partial charge in [0.15, 0.2) is 6.61 Å². The molecular weight excluding hydrogens is 328 g/mol. The van der Waals surface area contributed by atoms with Crippen LogP contribution in [0.15, 0.2) is 42.5 Å². The predicted molar refractivity (Wildman–Crippen MR) is 105 cm³/mol. The van der Waals surface area contributed by atoms with Crippen molar-refractivity contribution >= 4 is 5.78 Å². The van der Waals surface area contributed by atoms with E-state index in [0.717, 1.165) is 25.7 Å². The number of hydrogen-bond acceptors (Lipinski definition) is 4. The van der Waals surface area contributed by atoms with Crippen molar-refractivity contribution < 1.29 is 19.7 Å². The van der Waals surface area contributed by atoms with Crippen molar-refractivity contribution in [2.45, 2.75) is 52.9 Å². The van der Waals surface area contributed by atoms with E-state index < -0.39 is 0 Å². The summed E-state index contributed by atoms with van der Waals surface area (Å²) in [6, 6.07) is 11.9. The summed E-state index contributed by atoms with van der Waals surface area (Å²) in [7, 11) is 0. The SMILES string of the molecule is CC.CCCCCCc1cc(C(=O)COc2ccccc2)c(O)cc1O. The molecule has 0 radical (unpaired) electrons. The zero-order chi connectivity index (χ0) is 19.4. The Morgan fingerprint density at radius 3 is 2.31 bits per heavy atom. The van der Waals surface area contributed by atoms with Crippen LogP contribution in [0.1, 0.15) is 62.4 Å². The van der Waals surface area contributed by atoms with E-state index in [9.17, 15) is 15.0 Å². The Morgan fingerprint density at radius 1 is 0.962 bits per heavy atom. The first-order chi connectivity index (χ1) is 12.6. The van der Waals surface area contributed by atoms with Gasteiger partial charge in [-0.25, -0.2) is 0 Å². The van der Waals surface area contributed by atoms with Crippen molar-refractivity contribution in [1.29, 1.82) is 0 Å². The van der Waals surface area contributed by atoms with Crippen LogP contribution in [-0.2, 0) is 6.42 Å². The number of rotatable bonds is 9. The first-order valence-electron chi connectivity index (χ1n) is 9.37. The number of aryl methyl sites for hydroxylation is 1. The third kappa shape index (κ3) is 6.79. The molecule has 142 valence electrons. The average Bonchev–Trinajstić information content (AvgIpc) is 2.67. The number of carbonyl (C=O) groups is 1. The zero-order valence-corrected chi connectivity index (χ0v) is 16.0. The van der Waals surface area contributed by atoms with Gasteiger partial charge in [0, 0.05) is 6.07 Å². The van der Waals surface area contributed by atoms with Crippen LogP contribution in [0.25, 0.3) is 0 Å². The Hall–Kier alpha value is -2.49. The number of Topliss-reactive ketones (excluding diaryl/α,β-unsaturated/α-hetero) is 1. The van der Waals surface area contributed by atoms with E-state index in [4.69, 9.17) is 4.74 Å². The Bertz CT molecular complexity index is 665. The lowest BCUT2D eigenvalue weighted by atomic mass is 10.0. The first-order valence-corrected chi connectivity index (χ1v) is 9.37. The molecule has 0 saturated carbocycles. The van der Waals surface area contributed by atoms with E-state index in [-0.39, 0.29) is 29.5 Å². The highest BCUT2D eigenvalue weighted by molar-refractivity contribution is 6.00. The van der Waals surface area contributed by atoms with Crippen LogP contribution in [-0.4, -0.2) is 22.6 Å². The van der Waals surface area contributed by atoms with Gasteiger partial charge in [-0.2, -0.15) is 0 Å². The fraction of sp³-hybridized carbons (Fsp3) is 0.409. The van der Waals surface area contributed by atoms with Gasteiger partial charge in [-0.1, -0.05) is 58.2 Å². The summed E-state index contributed by atoms with van der Waals surface area (Å²) < 4.78 is 5.44. The molecule has 2 N–H and O–H groups in total. The molecule has 0 aliphatic rings. The summed E-state index contributed by atoms with van der Waals surface area (Å²) in [6.45, 7) is 5.99. The third-order valence-electron chi connectivity index (χ3n) is 3.91. The van der Waals surface area contributed by atoms with Gasteiger partial charge in [-0.05, 0) is 36.6 Å². The highest BCUT2D eigenvalue weighted by Crippen LogP contribution is 2.29. The number of para-hydroxylation sites is 1. The maximum absolute atomic E-state index is 12.3. The molecule has 26 heavy (non-hydrogen) atoms. The molecule has 0 aromatic heterocycles. The Morgan fingerprint density at radius 2 is 1.65 bits per heavy atom. The van der Waals surface area contributed by atoms with Crippen molar-refractivity contribution in [3.05, 3.63) is 53.6 Å². The molecule has 2 aromatic rings. The number of hydrogen-bond donors (Lipinski definition) is 2. The highest BCUT2D eigenvalue weighted by Gasteiger charge is 2.16. The summed E-state index contributed by atoms with van der Waals surface area (Å²) in [4.78, 5) is 12.3. The Kier molecular flexibility index (Phi) is 9.91. The van der Waals surface area contributed by atoms with Crippen LogP contribution >= 0.6 is 0 Å². The van der Waals surface area contributed by atoms with Gasteiger partial charge < -0.3 is 14.9 Å². The van der Waals surface area contributed by atoms with E-state index in [2.05, 4.69) is 6.92 Å². The van der Waals surface area contributed by atoms with Crippen LogP contribution < -0.4 is 4.74 Å². The summed E-state index contributed by atoms with van der Waals surface area (Å²) in [5.41, 5.74) is 0.876. The van der Waals surface area contributed by atoms with Gasteiger partial charge in [-0.15, -0.1) is 0 Å². The number of carbonyl (C=O) groups excluding carboxylic acids is 1. The minimum absolute atomic E-state index is 0.0320. The van der Waals surface area contributed by atoms with Gasteiger partial charge in [0.25, 0.3) is 0 Å². The van der Waals surface area contributed by atoms with Crippen LogP contribution in [0.4, 0.5) is 0 Å². The van der Waals surface area contributed by atoms with Gasteiger partial charge in [0.05, 0.1) is 5.56 Å². The number of phenols is 2. The topological polar surface area (TPSA) is 66.8 Å². The number of phenolic OH excluding ortho intramolecular Hbond substituents is 2. The van der Waals surface area contributed by atoms with Crippen molar-refractivity contribution in [3.63, 3.8) is 0 Å². The maximum atomic E-state index is 12.3. The standard InChI is InChI=1S/C20H24O4.C2H6/c1-2-3-4-6-9-15-12-17(19(22)13-18(15)21)20(23)14-24-16-10-7-5-8-11-16;1-2/h5,7-8,10-13,21-22H,2-4,6,9,14H2,1H3;1-2H3. The average molecular weight is 358 g/mol. The smallest absolute Gasteiger partial charge is 0.203 e. The van der Waals surface area contributed by atoms with Crippen molar-refractivity contribution in [2.24, 2.45) is 0 Å². The van der Waals surface area contributed by atoms with Crippen LogP contribution in [0.5, 0.6) is 17.2 Å². The molecule has 0 fully saturated rings. The third-order valence-corrected chi connectivity index (χ3v) is 3.91. The van der Waals surface area contributed by atoms with Gasteiger partial charge in [-0.3, -0.25) is 4.79 Å². The minimum atomic E-state index is -0.314. The zero-order valence-electron chi connectivity index (χ0n) is 16.0. The van der Waals surface area contributed by atoms with Gasteiger partial charge in [0.2, 0.25) is 5.78 Å². The lowest BCUT2D eigenvalue weighted by Crippen LogP contribution is -2.12. The van der Waals surface area contributed by atoms with Crippen molar-refractivity contribution in [3.8, 4) is 17.2 Å². The van der Waals surface area contributed by atoms with Gasteiger partial charge >= 0.3 is 0 Å². The maximum Gasteiger partial charge on any atom is 0.203 e. The van der Waals surface area contributed by atoms with E-state index in [1.165, 1.54) is 6.07 Å². The molecule has 0 aliphatic carbocycles. The fourth-order valence-electron chi connectivity index (χ4n) is 2.53. The molecule has 0 aliphatic heterocycles. The summed E-state index contributed by atoms with van der Waals surface area (Å²) in [5.74, 6) is 0.103. The molecular formula is C22H30O4. The second-order valence-electron chi connectivity index (χ2n) is 5.83. The molecule has 0 amide bonds.